The van der Waals surface area contributed by atoms with Crippen molar-refractivity contribution in [2.75, 3.05) is 12.3 Å². The second-order valence-electron chi connectivity index (χ2n) is 12.5. The van der Waals surface area contributed by atoms with Gasteiger partial charge in [0.15, 0.2) is 5.12 Å². The Kier molecular flexibility index (Phi) is 17.7. The second-order valence-corrected chi connectivity index (χ2v) is 13.7. The van der Waals surface area contributed by atoms with Crippen LogP contribution in [0.5, 0.6) is 0 Å². The summed E-state index contributed by atoms with van der Waals surface area (Å²) in [6.07, 6.45) is 11.3. The van der Waals surface area contributed by atoms with Crippen LogP contribution in [0.3, 0.4) is 0 Å². The van der Waals surface area contributed by atoms with Gasteiger partial charge in [-0.3, -0.25) is 9.59 Å². The van der Waals surface area contributed by atoms with E-state index in [2.05, 4.69) is 46.1 Å². The first kappa shape index (κ1) is 37.6. The molecule has 0 spiro atoms. The van der Waals surface area contributed by atoms with E-state index in [-0.39, 0.29) is 16.9 Å². The lowest BCUT2D eigenvalue weighted by Gasteiger charge is -2.25. The van der Waals surface area contributed by atoms with Crippen LogP contribution < -0.4 is 0 Å². The minimum Gasteiger partial charge on any atom is -0.309 e. The quantitative estimate of drug-likeness (QED) is 0.187. The zero-order valence-corrected chi connectivity index (χ0v) is 27.8. The fraction of sp³-hybridized carbons (Fsp3) is 0.611. The molecule has 0 radical (unpaired) electrons. The molecule has 1 amide bonds. The number of carbonyl (C=O) groups is 2. The highest BCUT2D eigenvalue weighted by Crippen LogP contribution is 2.34. The van der Waals surface area contributed by atoms with E-state index in [1.165, 1.54) is 37.4 Å². The van der Waals surface area contributed by atoms with Gasteiger partial charge in [0.2, 0.25) is 0 Å². The van der Waals surface area contributed by atoms with Crippen molar-refractivity contribution in [2.24, 2.45) is 23.7 Å². The molecule has 234 valence electrons. The number of hydrogen-bond donors (Lipinski definition) is 0. The van der Waals surface area contributed by atoms with E-state index >= 15 is 0 Å². The van der Waals surface area contributed by atoms with E-state index in [9.17, 15) is 18.4 Å². The lowest BCUT2D eigenvalue weighted by Crippen LogP contribution is -2.29. The molecule has 1 heterocycles. The lowest BCUT2D eigenvalue weighted by atomic mass is 9.84. The van der Waals surface area contributed by atoms with Crippen LogP contribution in [0.15, 0.2) is 48.7 Å². The van der Waals surface area contributed by atoms with Crippen molar-refractivity contribution in [2.45, 2.75) is 106 Å². The number of halogens is 2. The van der Waals surface area contributed by atoms with E-state index in [0.717, 1.165) is 41.5 Å². The van der Waals surface area contributed by atoms with E-state index in [1.807, 2.05) is 38.1 Å². The average Bonchev–Trinajstić information content (AvgIpc) is 3.23. The van der Waals surface area contributed by atoms with Crippen molar-refractivity contribution >= 4 is 22.8 Å². The number of nitrogens with zero attached hydrogens (tertiary/aromatic N) is 1. The number of alkyl halides is 2. The van der Waals surface area contributed by atoms with Crippen LogP contribution in [0, 0.1) is 35.5 Å². The normalized spacial score (nSPS) is 17.0. The molecule has 6 heteroatoms. The number of rotatable bonds is 11. The van der Waals surface area contributed by atoms with Crippen molar-refractivity contribution in [1.82, 2.24) is 4.90 Å². The molecule has 1 atom stereocenters. The third-order valence-corrected chi connectivity index (χ3v) is 8.22. The van der Waals surface area contributed by atoms with Gasteiger partial charge < -0.3 is 4.90 Å². The molecule has 3 nitrogen and oxygen atoms in total. The van der Waals surface area contributed by atoms with E-state index in [4.69, 9.17) is 0 Å². The summed E-state index contributed by atoms with van der Waals surface area (Å²) in [6, 6.07) is 7.59. The molecule has 0 N–H and O–H groups in total. The molecule has 1 aliphatic carbocycles. The van der Waals surface area contributed by atoms with Gasteiger partial charge in [0, 0.05) is 42.5 Å². The van der Waals surface area contributed by atoms with Crippen molar-refractivity contribution in [3.8, 4) is 11.8 Å². The van der Waals surface area contributed by atoms with Crippen LogP contribution in [-0.4, -0.2) is 34.1 Å². The predicted octanol–water partition coefficient (Wildman–Crippen LogP) is 9.71. The van der Waals surface area contributed by atoms with E-state index in [0.29, 0.717) is 25.2 Å². The summed E-state index contributed by atoms with van der Waals surface area (Å²) in [4.78, 5) is 23.4. The molecule has 1 unspecified atom stereocenters. The van der Waals surface area contributed by atoms with Gasteiger partial charge in [-0.15, -0.1) is 0 Å². The van der Waals surface area contributed by atoms with Gasteiger partial charge in [0.25, 0.3) is 5.91 Å². The van der Waals surface area contributed by atoms with Gasteiger partial charge in [0.1, 0.15) is 0 Å². The van der Waals surface area contributed by atoms with E-state index < -0.39 is 11.8 Å². The number of thioether (sulfide) groups is 1. The predicted molar refractivity (Wildman–Crippen MR) is 175 cm³/mol. The topological polar surface area (TPSA) is 37.4 Å². The summed E-state index contributed by atoms with van der Waals surface area (Å²) in [7, 11) is 0. The van der Waals surface area contributed by atoms with Crippen LogP contribution in [0.4, 0.5) is 8.78 Å². The monoisotopic (exact) mass is 601 g/mol. The van der Waals surface area contributed by atoms with Crippen molar-refractivity contribution < 1.29 is 18.4 Å². The van der Waals surface area contributed by atoms with Crippen molar-refractivity contribution in [3.05, 3.63) is 59.8 Å². The largest absolute Gasteiger partial charge is 0.311 e. The molecular formula is C36H53F2NO2S. The second kappa shape index (κ2) is 19.7. The number of unbranched alkanes of at least 4 members (excludes halogenated alkanes) is 3. The summed E-state index contributed by atoms with van der Waals surface area (Å²) in [5, 5.41) is 0.221. The minimum absolute atomic E-state index is 0.0900. The number of carbonyl (C=O) groups excluding carboxylic acids is 2. The highest BCUT2D eigenvalue weighted by atomic mass is 32.2. The Hall–Kier alpha value is -2.39. The van der Waals surface area contributed by atoms with Gasteiger partial charge in [-0.1, -0.05) is 110 Å². The number of amides is 1. The van der Waals surface area contributed by atoms with Gasteiger partial charge in [-0.25, -0.2) is 0 Å². The minimum atomic E-state index is -2.86. The number of aryl methyl sites for hydroxylation is 1. The van der Waals surface area contributed by atoms with Gasteiger partial charge >= 0.3 is 5.92 Å². The summed E-state index contributed by atoms with van der Waals surface area (Å²) in [6.45, 7) is 19.0. The van der Waals surface area contributed by atoms with Crippen LogP contribution >= 0.6 is 11.8 Å². The first-order valence-electron chi connectivity index (χ1n) is 15.5. The number of benzene rings is 1. The van der Waals surface area contributed by atoms with Crippen LogP contribution in [-0.2, 0) is 16.0 Å². The molecule has 0 saturated carbocycles. The fourth-order valence-corrected chi connectivity index (χ4v) is 5.23. The summed E-state index contributed by atoms with van der Waals surface area (Å²) in [5.74, 6) is 4.11. The smallest absolute Gasteiger partial charge is 0.309 e. The SMILES string of the molecule is C=C1C=CC(=O)N1CCCCCCC(C)C.CC(=O)SCC(C)C.CC(C)CC1CCc2ccccc2C#CC1(F)F. The van der Waals surface area contributed by atoms with Crippen molar-refractivity contribution in [1.29, 1.82) is 0 Å². The molecule has 1 aliphatic heterocycles. The molecule has 1 aromatic carbocycles. The van der Waals surface area contributed by atoms with Crippen LogP contribution in [0.2, 0.25) is 0 Å². The Labute approximate surface area is 259 Å². The first-order valence-corrected chi connectivity index (χ1v) is 16.5. The highest BCUT2D eigenvalue weighted by Gasteiger charge is 2.38. The Morgan fingerprint density at radius 1 is 1.02 bits per heavy atom. The summed E-state index contributed by atoms with van der Waals surface area (Å²) in [5.41, 5.74) is 2.68. The zero-order chi connectivity index (χ0) is 31.7. The first-order chi connectivity index (χ1) is 19.7. The lowest BCUT2D eigenvalue weighted by molar-refractivity contribution is -0.123. The van der Waals surface area contributed by atoms with Crippen LogP contribution in [0.25, 0.3) is 0 Å². The maximum Gasteiger partial charge on any atom is 0.311 e. The molecule has 42 heavy (non-hydrogen) atoms. The highest BCUT2D eigenvalue weighted by molar-refractivity contribution is 8.13. The Bertz CT molecular complexity index is 1060. The molecule has 0 aromatic heterocycles. The maximum absolute atomic E-state index is 14.0. The summed E-state index contributed by atoms with van der Waals surface area (Å²) < 4.78 is 28.0. The Morgan fingerprint density at radius 2 is 1.69 bits per heavy atom. The molecular weight excluding hydrogens is 548 g/mol. The molecule has 3 rings (SSSR count). The number of hydrogen-bond acceptors (Lipinski definition) is 3. The van der Waals surface area contributed by atoms with Gasteiger partial charge in [0.05, 0.1) is 0 Å². The van der Waals surface area contributed by atoms with Crippen LogP contribution in [0.1, 0.15) is 105 Å². The Morgan fingerprint density at radius 3 is 2.24 bits per heavy atom. The standard InChI is InChI=1S/C16H18F2.C14H23NO.C6H12OS/c1-12(2)11-15-8-7-13-5-3-4-6-14(13)9-10-16(15,17)18;1-12(2)8-6-4-5-7-11-15-13(3)9-10-14(15)16;1-5(2)4-8-6(3)7/h3-6,12,15H,7-8,11H2,1-2H3;9-10,12H,3-8,11H2,1-2H3;5H,4H2,1-3H3. The van der Waals surface area contributed by atoms with Gasteiger partial charge in [-0.05, 0) is 67.1 Å². The van der Waals surface area contributed by atoms with E-state index in [1.54, 1.807) is 24.0 Å². The molecule has 0 bridgehead atoms. The van der Waals surface area contributed by atoms with Gasteiger partial charge in [-0.2, -0.15) is 8.78 Å². The zero-order valence-electron chi connectivity index (χ0n) is 27.0. The molecule has 1 aromatic rings. The maximum atomic E-state index is 14.0. The molecule has 0 saturated heterocycles. The molecule has 2 aliphatic rings. The van der Waals surface area contributed by atoms with Crippen molar-refractivity contribution in [3.63, 3.8) is 0 Å². The third kappa shape index (κ3) is 15.7. The number of fused-ring (bicyclic) bond motifs is 1. The average molecular weight is 602 g/mol. The Balaban J connectivity index is 0.000000339. The summed E-state index contributed by atoms with van der Waals surface area (Å²) >= 11 is 1.40. The fourth-order valence-electron chi connectivity index (χ4n) is 4.66. The molecule has 0 fully saturated rings. The third-order valence-electron chi connectivity index (χ3n) is 6.98. The number of allylic oxidation sites excluding steroid dienone is 1.